The molecule has 0 spiro atoms. The van der Waals surface area contributed by atoms with Gasteiger partial charge >= 0.3 is 0 Å². The van der Waals surface area contributed by atoms with E-state index < -0.39 is 0 Å². The van der Waals surface area contributed by atoms with Crippen LogP contribution >= 0.6 is 12.2 Å². The van der Waals surface area contributed by atoms with Gasteiger partial charge < -0.3 is 5.32 Å². The molecular weight excluding hydrogens is 206 g/mol. The summed E-state index contributed by atoms with van der Waals surface area (Å²) in [5, 5.41) is 5.90. The molecule has 0 unspecified atom stereocenters. The van der Waals surface area contributed by atoms with Crippen molar-refractivity contribution in [1.82, 2.24) is 10.7 Å². The quantitative estimate of drug-likeness (QED) is 0.746. The van der Waals surface area contributed by atoms with Crippen LogP contribution in [0.25, 0.3) is 0 Å². The van der Waals surface area contributed by atoms with Gasteiger partial charge in [0.05, 0.1) is 11.9 Å². The Morgan fingerprint density at radius 3 is 2.47 bits per heavy atom. The van der Waals surface area contributed by atoms with Crippen molar-refractivity contribution in [3.05, 3.63) is 30.3 Å². The number of anilines is 1. The molecule has 80 valence electrons. The Morgan fingerprint density at radius 1 is 1.27 bits per heavy atom. The normalized spacial score (nSPS) is 20.9. The highest BCUT2D eigenvalue weighted by Gasteiger charge is 2.27. The van der Waals surface area contributed by atoms with Gasteiger partial charge in [-0.25, -0.2) is 5.43 Å². The Labute approximate surface area is 95.4 Å². The summed E-state index contributed by atoms with van der Waals surface area (Å²) in [6.07, 6.45) is 0.220. The van der Waals surface area contributed by atoms with Crippen LogP contribution in [-0.2, 0) is 0 Å². The van der Waals surface area contributed by atoms with E-state index in [0.29, 0.717) is 5.92 Å². The molecule has 1 heterocycles. The minimum Gasteiger partial charge on any atom is -0.344 e. The van der Waals surface area contributed by atoms with Gasteiger partial charge in [-0.2, -0.15) is 0 Å². The molecule has 1 aromatic rings. The number of hydrazine groups is 1. The monoisotopic (exact) mass is 221 g/mol. The average molecular weight is 221 g/mol. The number of rotatable bonds is 2. The fraction of sp³-hybridized carbons (Fsp3) is 0.364. The molecule has 0 amide bonds. The molecule has 0 radical (unpaired) electrons. The van der Waals surface area contributed by atoms with Gasteiger partial charge in [-0.15, -0.1) is 0 Å². The number of nitrogens with one attached hydrogen (secondary N) is 2. The van der Waals surface area contributed by atoms with Crippen molar-refractivity contribution >= 4 is 23.0 Å². The van der Waals surface area contributed by atoms with Gasteiger partial charge in [-0.05, 0) is 30.3 Å². The Kier molecular flexibility index (Phi) is 2.88. The first kappa shape index (κ1) is 10.4. The summed E-state index contributed by atoms with van der Waals surface area (Å²) in [6, 6.07) is 10.1. The molecule has 1 aromatic carbocycles. The van der Waals surface area contributed by atoms with E-state index in [1.165, 1.54) is 0 Å². The van der Waals surface area contributed by atoms with Gasteiger partial charge in [-0.1, -0.05) is 32.0 Å². The zero-order valence-corrected chi connectivity index (χ0v) is 9.71. The lowest BCUT2D eigenvalue weighted by atomic mass is 10.2. The first-order valence-electron chi connectivity index (χ1n) is 5.10. The maximum Gasteiger partial charge on any atom is 0.189 e. The van der Waals surface area contributed by atoms with Crippen molar-refractivity contribution < 1.29 is 0 Å². The molecule has 2 rings (SSSR count). The second kappa shape index (κ2) is 4.16. The maximum atomic E-state index is 5.27. The van der Waals surface area contributed by atoms with E-state index in [1.807, 2.05) is 35.3 Å². The van der Waals surface area contributed by atoms with Gasteiger partial charge in [0.2, 0.25) is 0 Å². The van der Waals surface area contributed by atoms with Crippen molar-refractivity contribution in [3.8, 4) is 0 Å². The molecule has 0 aromatic heterocycles. The maximum absolute atomic E-state index is 5.27. The second-order valence-corrected chi connectivity index (χ2v) is 4.36. The minimum atomic E-state index is 0.220. The number of thiocarbonyl (C=S) groups is 1. The lowest BCUT2D eigenvalue weighted by molar-refractivity contribution is 0.419. The number of benzene rings is 1. The van der Waals surface area contributed by atoms with E-state index in [9.17, 15) is 0 Å². The molecule has 1 aliphatic rings. The molecular formula is C11H15N3S. The van der Waals surface area contributed by atoms with Gasteiger partial charge in [0.1, 0.15) is 0 Å². The average Bonchev–Trinajstić information content (AvgIpc) is 2.62. The summed E-state index contributed by atoms with van der Waals surface area (Å²) < 4.78 is 0. The van der Waals surface area contributed by atoms with Crippen LogP contribution in [0.1, 0.15) is 13.8 Å². The van der Waals surface area contributed by atoms with E-state index in [0.717, 1.165) is 10.8 Å². The van der Waals surface area contributed by atoms with Gasteiger partial charge in [0.15, 0.2) is 5.11 Å². The van der Waals surface area contributed by atoms with Crippen LogP contribution in [0.5, 0.6) is 0 Å². The lowest BCUT2D eigenvalue weighted by Crippen LogP contribution is -2.40. The SMILES string of the molecule is CC(C)[C@H]1NC(=S)N(c2ccccc2)N1. The molecule has 1 aliphatic heterocycles. The van der Waals surface area contributed by atoms with Crippen LogP contribution in [0.3, 0.4) is 0 Å². The smallest absolute Gasteiger partial charge is 0.189 e. The highest BCUT2D eigenvalue weighted by molar-refractivity contribution is 7.80. The third kappa shape index (κ3) is 2.11. The second-order valence-electron chi connectivity index (χ2n) is 3.97. The fourth-order valence-electron chi connectivity index (χ4n) is 1.51. The van der Waals surface area contributed by atoms with E-state index in [4.69, 9.17) is 12.2 Å². The Bertz CT molecular complexity index is 350. The highest BCUT2D eigenvalue weighted by atomic mass is 32.1. The predicted molar refractivity (Wildman–Crippen MR) is 66.4 cm³/mol. The number of hydrogen-bond donors (Lipinski definition) is 2. The zero-order valence-electron chi connectivity index (χ0n) is 8.90. The standard InChI is InChI=1S/C11H15N3S/c1-8(2)10-12-11(15)14(13-10)9-6-4-3-5-7-9/h3-8,10,13H,1-2H3,(H,12,15)/t10-/m0/s1. The van der Waals surface area contributed by atoms with Crippen molar-refractivity contribution in [2.45, 2.75) is 20.0 Å². The van der Waals surface area contributed by atoms with Gasteiger partial charge in [0.25, 0.3) is 0 Å². The number of nitrogens with zero attached hydrogens (tertiary/aromatic N) is 1. The first-order valence-corrected chi connectivity index (χ1v) is 5.51. The van der Waals surface area contributed by atoms with Crippen molar-refractivity contribution in [3.63, 3.8) is 0 Å². The van der Waals surface area contributed by atoms with Crippen LogP contribution in [0.2, 0.25) is 0 Å². The Hall–Kier alpha value is -1.13. The van der Waals surface area contributed by atoms with Crippen molar-refractivity contribution in [2.24, 2.45) is 5.92 Å². The first-order chi connectivity index (χ1) is 7.18. The largest absolute Gasteiger partial charge is 0.344 e. The van der Waals surface area contributed by atoms with Crippen LogP contribution in [0.15, 0.2) is 30.3 Å². The van der Waals surface area contributed by atoms with Crippen LogP contribution in [-0.4, -0.2) is 11.3 Å². The third-order valence-corrected chi connectivity index (χ3v) is 2.73. The molecule has 15 heavy (non-hydrogen) atoms. The molecule has 4 heteroatoms. The molecule has 1 atom stereocenters. The summed E-state index contributed by atoms with van der Waals surface area (Å²) in [5.74, 6) is 0.497. The molecule has 0 aliphatic carbocycles. The van der Waals surface area contributed by atoms with E-state index in [1.54, 1.807) is 0 Å². The molecule has 0 bridgehead atoms. The van der Waals surface area contributed by atoms with Crippen LogP contribution in [0.4, 0.5) is 5.69 Å². The fourth-order valence-corrected chi connectivity index (χ4v) is 1.80. The summed E-state index contributed by atoms with van der Waals surface area (Å²) in [7, 11) is 0. The van der Waals surface area contributed by atoms with E-state index in [-0.39, 0.29) is 6.17 Å². The molecule has 1 fully saturated rings. The van der Waals surface area contributed by atoms with Gasteiger partial charge in [-0.3, -0.25) is 5.01 Å². The molecule has 2 N–H and O–H groups in total. The van der Waals surface area contributed by atoms with Crippen molar-refractivity contribution in [2.75, 3.05) is 5.01 Å². The zero-order chi connectivity index (χ0) is 10.8. The molecule has 3 nitrogen and oxygen atoms in total. The minimum absolute atomic E-state index is 0.220. The van der Waals surface area contributed by atoms with Gasteiger partial charge in [0, 0.05) is 0 Å². The van der Waals surface area contributed by atoms with Crippen LogP contribution < -0.4 is 15.8 Å². The van der Waals surface area contributed by atoms with Crippen LogP contribution in [0, 0.1) is 5.92 Å². The third-order valence-electron chi connectivity index (χ3n) is 2.43. The predicted octanol–water partition coefficient (Wildman–Crippen LogP) is 1.87. The summed E-state index contributed by atoms with van der Waals surface area (Å²) in [5.41, 5.74) is 4.41. The highest BCUT2D eigenvalue weighted by Crippen LogP contribution is 2.16. The Balaban J connectivity index is 2.16. The summed E-state index contributed by atoms with van der Waals surface area (Å²) in [4.78, 5) is 0. The molecule has 1 saturated heterocycles. The number of para-hydroxylation sites is 1. The lowest BCUT2D eigenvalue weighted by Gasteiger charge is -2.18. The summed E-state index contributed by atoms with van der Waals surface area (Å²) >= 11 is 5.27. The Morgan fingerprint density at radius 2 is 1.93 bits per heavy atom. The molecule has 0 saturated carbocycles. The number of hydrogen-bond acceptors (Lipinski definition) is 2. The van der Waals surface area contributed by atoms with E-state index in [2.05, 4.69) is 24.6 Å². The van der Waals surface area contributed by atoms with Crippen molar-refractivity contribution in [1.29, 1.82) is 0 Å². The van der Waals surface area contributed by atoms with E-state index >= 15 is 0 Å². The summed E-state index contributed by atoms with van der Waals surface area (Å²) in [6.45, 7) is 4.31. The topological polar surface area (TPSA) is 27.3 Å².